The van der Waals surface area contributed by atoms with E-state index in [2.05, 4.69) is 54.8 Å². The Bertz CT molecular complexity index is 1360. The smallest absolute Gasteiger partial charge is 0.335 e. The summed E-state index contributed by atoms with van der Waals surface area (Å²) in [4.78, 5) is 11.2. The van der Waals surface area contributed by atoms with Crippen LogP contribution in [0.15, 0.2) is 54.6 Å². The number of nitrogens with zero attached hydrogens (tertiary/aromatic N) is 2. The van der Waals surface area contributed by atoms with Gasteiger partial charge in [-0.1, -0.05) is 24.3 Å². The maximum atomic E-state index is 11.2. The lowest BCUT2D eigenvalue weighted by Crippen LogP contribution is -2.48. The van der Waals surface area contributed by atoms with Crippen molar-refractivity contribution in [2.45, 2.75) is 57.8 Å². The minimum absolute atomic E-state index is 0.214. The number of nitriles is 1. The normalized spacial score (nSPS) is 26.7. The summed E-state index contributed by atoms with van der Waals surface area (Å²) in [6.07, 6.45) is 10.4. The van der Waals surface area contributed by atoms with Gasteiger partial charge < -0.3 is 9.67 Å². The van der Waals surface area contributed by atoms with Crippen LogP contribution >= 0.6 is 0 Å². The first kappa shape index (κ1) is 22.9. The van der Waals surface area contributed by atoms with Gasteiger partial charge >= 0.3 is 5.97 Å². The standard InChI is InChI=1S/C32H32N2O2/c1-20-11-27(15-28(19-33)25-3-5-26(6-4-25)31(35)36)21(2)34(20)30-9-7-29(8-10-30)32-16-22-12-23(17-32)14-24(13-22)18-32/h3-11,15,22-24H,12-14,16-18H2,1-2H3,(H,35,36)/b28-15-. The Balaban J connectivity index is 1.30. The van der Waals surface area contributed by atoms with E-state index in [1.807, 2.05) is 6.08 Å². The molecule has 1 N–H and O–H groups in total. The van der Waals surface area contributed by atoms with E-state index < -0.39 is 5.97 Å². The molecule has 4 heteroatoms. The lowest BCUT2D eigenvalue weighted by atomic mass is 9.48. The third-order valence-corrected chi connectivity index (χ3v) is 9.11. The van der Waals surface area contributed by atoms with Crippen LogP contribution in [-0.4, -0.2) is 15.6 Å². The van der Waals surface area contributed by atoms with Gasteiger partial charge in [0.15, 0.2) is 0 Å². The first-order valence-electron chi connectivity index (χ1n) is 13.1. The second-order valence-electron chi connectivity index (χ2n) is 11.5. The van der Waals surface area contributed by atoms with Crippen molar-refractivity contribution in [1.29, 1.82) is 5.26 Å². The van der Waals surface area contributed by atoms with E-state index in [1.54, 1.807) is 12.1 Å². The maximum Gasteiger partial charge on any atom is 0.335 e. The monoisotopic (exact) mass is 476 g/mol. The molecule has 0 amide bonds. The summed E-state index contributed by atoms with van der Waals surface area (Å²) >= 11 is 0. The molecule has 182 valence electrons. The number of hydrogen-bond donors (Lipinski definition) is 1. The fourth-order valence-corrected chi connectivity index (χ4v) is 7.89. The number of hydrogen-bond acceptors (Lipinski definition) is 2. The highest BCUT2D eigenvalue weighted by Crippen LogP contribution is 2.60. The molecule has 0 radical (unpaired) electrons. The second kappa shape index (κ2) is 8.52. The van der Waals surface area contributed by atoms with Gasteiger partial charge in [-0.2, -0.15) is 5.26 Å². The number of aromatic carboxylic acids is 1. The third kappa shape index (κ3) is 3.78. The molecule has 4 aliphatic carbocycles. The fourth-order valence-electron chi connectivity index (χ4n) is 7.89. The zero-order valence-corrected chi connectivity index (χ0v) is 21.0. The van der Waals surface area contributed by atoms with E-state index in [-0.39, 0.29) is 5.56 Å². The fraction of sp³-hybridized carbons (Fsp3) is 0.375. The summed E-state index contributed by atoms with van der Waals surface area (Å²) < 4.78 is 2.26. The lowest BCUT2D eigenvalue weighted by molar-refractivity contribution is -0.00518. The lowest BCUT2D eigenvalue weighted by Gasteiger charge is -2.57. The van der Waals surface area contributed by atoms with Gasteiger partial charge in [-0.25, -0.2) is 4.79 Å². The van der Waals surface area contributed by atoms with Crippen LogP contribution in [0.2, 0.25) is 0 Å². The average Bonchev–Trinajstić information content (AvgIpc) is 3.14. The first-order chi connectivity index (χ1) is 17.3. The molecule has 0 atom stereocenters. The number of aromatic nitrogens is 1. The van der Waals surface area contributed by atoms with Crippen LogP contribution in [0, 0.1) is 42.9 Å². The topological polar surface area (TPSA) is 66.0 Å². The molecular weight excluding hydrogens is 444 g/mol. The predicted molar refractivity (Wildman–Crippen MR) is 142 cm³/mol. The molecule has 1 aromatic heterocycles. The molecule has 0 aliphatic heterocycles. The van der Waals surface area contributed by atoms with Crippen LogP contribution in [0.25, 0.3) is 17.3 Å². The molecule has 4 bridgehead atoms. The summed E-state index contributed by atoms with van der Waals surface area (Å²) in [6.45, 7) is 4.19. The number of allylic oxidation sites excluding steroid dienone is 1. The molecule has 4 nitrogen and oxygen atoms in total. The summed E-state index contributed by atoms with van der Waals surface area (Å²) in [5, 5.41) is 19.0. The molecule has 4 fully saturated rings. The van der Waals surface area contributed by atoms with Gasteiger partial charge in [0.2, 0.25) is 0 Å². The van der Waals surface area contributed by atoms with Crippen molar-refractivity contribution >= 4 is 17.6 Å². The van der Waals surface area contributed by atoms with E-state index in [1.165, 1.54) is 56.2 Å². The number of carboxylic acid groups (broad SMARTS) is 1. The van der Waals surface area contributed by atoms with Crippen LogP contribution < -0.4 is 0 Å². The number of carboxylic acids is 1. The van der Waals surface area contributed by atoms with Gasteiger partial charge in [0.05, 0.1) is 17.2 Å². The van der Waals surface area contributed by atoms with Crippen LogP contribution in [0.5, 0.6) is 0 Å². The van der Waals surface area contributed by atoms with Crippen molar-refractivity contribution in [3.8, 4) is 11.8 Å². The number of carbonyl (C=O) groups is 1. The van der Waals surface area contributed by atoms with Crippen molar-refractivity contribution in [3.63, 3.8) is 0 Å². The summed E-state index contributed by atoms with van der Waals surface area (Å²) in [5.41, 5.74) is 7.75. The van der Waals surface area contributed by atoms with Crippen molar-refractivity contribution in [1.82, 2.24) is 4.57 Å². The minimum Gasteiger partial charge on any atom is -0.478 e. The highest BCUT2D eigenvalue weighted by atomic mass is 16.4. The molecule has 36 heavy (non-hydrogen) atoms. The summed E-state index contributed by atoms with van der Waals surface area (Å²) in [7, 11) is 0. The quantitative estimate of drug-likeness (QED) is 0.392. The van der Waals surface area contributed by atoms with Gasteiger partial charge in [-0.15, -0.1) is 0 Å². The maximum absolute atomic E-state index is 11.2. The Morgan fingerprint density at radius 3 is 2.03 bits per heavy atom. The van der Waals surface area contributed by atoms with Crippen molar-refractivity contribution in [2.24, 2.45) is 17.8 Å². The van der Waals surface area contributed by atoms with Crippen LogP contribution in [-0.2, 0) is 5.41 Å². The van der Waals surface area contributed by atoms with Gasteiger partial charge in [0.25, 0.3) is 0 Å². The first-order valence-corrected chi connectivity index (χ1v) is 13.1. The van der Waals surface area contributed by atoms with E-state index in [0.29, 0.717) is 16.6 Å². The number of benzene rings is 2. The van der Waals surface area contributed by atoms with Crippen molar-refractivity contribution < 1.29 is 9.90 Å². The Morgan fingerprint density at radius 2 is 1.50 bits per heavy atom. The average molecular weight is 477 g/mol. The SMILES string of the molecule is Cc1cc(/C=C(/C#N)c2ccc(C(=O)O)cc2)c(C)n1-c1ccc(C23CC4CC(CC(C4)C2)C3)cc1. The number of aryl methyl sites for hydroxylation is 1. The molecule has 7 rings (SSSR count). The van der Waals surface area contributed by atoms with E-state index in [9.17, 15) is 10.1 Å². The second-order valence-corrected chi connectivity index (χ2v) is 11.5. The third-order valence-electron chi connectivity index (χ3n) is 9.11. The van der Waals surface area contributed by atoms with Crippen molar-refractivity contribution in [3.05, 3.63) is 88.2 Å². The number of rotatable bonds is 5. The Labute approximate surface area is 212 Å². The van der Waals surface area contributed by atoms with Gasteiger partial charge in [-0.05, 0) is 129 Å². The molecule has 3 aromatic rings. The van der Waals surface area contributed by atoms with E-state index in [0.717, 1.165) is 40.4 Å². The molecule has 4 aliphatic rings. The summed E-state index contributed by atoms with van der Waals surface area (Å²) in [5.74, 6) is 1.85. The highest BCUT2D eigenvalue weighted by molar-refractivity contribution is 5.92. The van der Waals surface area contributed by atoms with E-state index >= 15 is 0 Å². The largest absolute Gasteiger partial charge is 0.478 e. The zero-order valence-electron chi connectivity index (χ0n) is 21.0. The van der Waals surface area contributed by atoms with Crippen LogP contribution in [0.3, 0.4) is 0 Å². The highest BCUT2D eigenvalue weighted by Gasteiger charge is 2.51. The van der Waals surface area contributed by atoms with Gasteiger partial charge in [0.1, 0.15) is 0 Å². The summed E-state index contributed by atoms with van der Waals surface area (Å²) in [6, 6.07) is 20.2. The molecule has 2 aromatic carbocycles. The van der Waals surface area contributed by atoms with Gasteiger partial charge in [0, 0.05) is 17.1 Å². The zero-order chi connectivity index (χ0) is 25.0. The van der Waals surface area contributed by atoms with Gasteiger partial charge in [-0.3, -0.25) is 0 Å². The Kier molecular flexibility index (Phi) is 5.41. The van der Waals surface area contributed by atoms with Crippen LogP contribution in [0.4, 0.5) is 0 Å². The minimum atomic E-state index is -0.971. The molecule has 1 heterocycles. The Morgan fingerprint density at radius 1 is 0.944 bits per heavy atom. The van der Waals surface area contributed by atoms with E-state index in [4.69, 9.17) is 5.11 Å². The molecule has 0 unspecified atom stereocenters. The molecular formula is C32H32N2O2. The molecule has 0 saturated heterocycles. The Hall–Kier alpha value is -3.58. The predicted octanol–water partition coefficient (Wildman–Crippen LogP) is 7.32. The molecule has 4 saturated carbocycles. The molecule has 0 spiro atoms. The van der Waals surface area contributed by atoms with Crippen LogP contribution in [0.1, 0.15) is 77.0 Å². The van der Waals surface area contributed by atoms with Crippen molar-refractivity contribution in [2.75, 3.05) is 0 Å².